The maximum atomic E-state index is 6.58. The van der Waals surface area contributed by atoms with E-state index in [1.807, 2.05) is 116 Å². The second-order valence-corrected chi connectivity index (χ2v) is 27.5. The minimum absolute atomic E-state index is 0.580. The fraction of sp³-hybridized carbons (Fsp3) is 0. The van der Waals surface area contributed by atoms with Crippen LogP contribution in [0.3, 0.4) is 0 Å². The smallest absolute Gasteiger partial charge is 0.237 e. The van der Waals surface area contributed by atoms with Crippen LogP contribution in [0.2, 0.25) is 0 Å². The molecule has 10 aromatic heterocycles. The summed E-state index contributed by atoms with van der Waals surface area (Å²) in [5, 5.41) is 20.4. The largest absolute Gasteiger partial charge is 0.455 e. The molecule has 0 aliphatic rings. The van der Waals surface area contributed by atoms with Crippen molar-refractivity contribution in [1.29, 1.82) is 0 Å². The van der Waals surface area contributed by atoms with E-state index in [0.717, 1.165) is 219 Å². The lowest BCUT2D eigenvalue weighted by molar-refractivity contribution is 0.672. The van der Waals surface area contributed by atoms with Gasteiger partial charge in [-0.15, -0.1) is 0 Å². The van der Waals surface area contributed by atoms with Crippen LogP contribution in [0.4, 0.5) is 0 Å². The van der Waals surface area contributed by atoms with Crippen molar-refractivity contribution in [1.82, 2.24) is 49.0 Å². The fourth-order valence-corrected chi connectivity index (χ4v) is 17.0. The molecule has 0 unspecified atom stereocenters. The van der Waals surface area contributed by atoms with Gasteiger partial charge in [-0.05, 0) is 83.6 Å². The topological polar surface area (TPSA) is 139 Å². The monoisotopic (exact) mass is 1380 g/mol. The Morgan fingerprint density at radius 1 is 0.222 bits per heavy atom. The molecule has 24 rings (SSSR count). The highest BCUT2D eigenvalue weighted by molar-refractivity contribution is 6.37. The molecule has 12 heteroatoms. The Hall–Kier alpha value is -14.9. The molecule has 0 amide bonds. The lowest BCUT2D eigenvalue weighted by Crippen LogP contribution is -2.04. The Bertz CT molecular complexity index is 7490. The Labute approximate surface area is 613 Å². The third-order valence-corrected chi connectivity index (χ3v) is 21.6. The van der Waals surface area contributed by atoms with E-state index in [1.54, 1.807) is 0 Å². The predicted molar refractivity (Wildman–Crippen MR) is 440 cm³/mol. The van der Waals surface area contributed by atoms with Gasteiger partial charge in [0.2, 0.25) is 11.9 Å². The van der Waals surface area contributed by atoms with Crippen molar-refractivity contribution in [2.45, 2.75) is 0 Å². The summed E-state index contributed by atoms with van der Waals surface area (Å²) in [7, 11) is 0. The van der Waals surface area contributed by atoms with Crippen LogP contribution in [-0.2, 0) is 0 Å². The quantitative estimate of drug-likeness (QED) is 0.148. The lowest BCUT2D eigenvalue weighted by Gasteiger charge is -2.14. The summed E-state index contributed by atoms with van der Waals surface area (Å²) in [6.07, 6.45) is 3.69. The van der Waals surface area contributed by atoms with Gasteiger partial charge in [-0.25, -0.2) is 34.9 Å². The van der Waals surface area contributed by atoms with Gasteiger partial charge in [-0.3, -0.25) is 14.1 Å². The fourth-order valence-electron chi connectivity index (χ4n) is 17.0. The van der Waals surface area contributed by atoms with E-state index in [1.165, 1.54) is 0 Å². The van der Waals surface area contributed by atoms with E-state index < -0.39 is 0 Å². The van der Waals surface area contributed by atoms with Crippen molar-refractivity contribution in [2.24, 2.45) is 0 Å². The van der Waals surface area contributed by atoms with Gasteiger partial charge in [0.1, 0.15) is 28.0 Å². The van der Waals surface area contributed by atoms with E-state index in [2.05, 4.69) is 221 Å². The summed E-state index contributed by atoms with van der Waals surface area (Å²) < 4.78 is 17.4. The number of para-hydroxylation sites is 4. The predicted octanol–water partition coefficient (Wildman–Crippen LogP) is 24.4. The molecule has 108 heavy (non-hydrogen) atoms. The highest BCUT2D eigenvalue weighted by Crippen LogP contribution is 2.49. The average molecular weight is 1380 g/mol. The van der Waals surface area contributed by atoms with Crippen molar-refractivity contribution in [2.75, 3.05) is 0 Å². The molecule has 10 heterocycles. The SMILES string of the molecule is c1ccc(-c2nc(-n3c4ccc(-c5nc6c7ccccc7c7oc8ccccc8c7c6c6ccccc56)cc4c4cccnc43)nc3ccccc23)cc1.c1ccc(-c2nc(-n3c4ccc(-c5nc6c7ccccc7c7oc8ccccc8c7c6c6ccccc56)cc4c4ncccc43)nc3ccccc23)cc1. The van der Waals surface area contributed by atoms with Gasteiger partial charge in [0.05, 0.1) is 66.9 Å². The Morgan fingerprint density at radius 2 is 0.620 bits per heavy atom. The molecule has 500 valence electrons. The van der Waals surface area contributed by atoms with E-state index in [9.17, 15) is 0 Å². The molecule has 0 radical (unpaired) electrons. The maximum Gasteiger partial charge on any atom is 0.237 e. The van der Waals surface area contributed by atoms with Crippen LogP contribution < -0.4 is 0 Å². The molecule has 24 aromatic rings. The molecule has 0 fully saturated rings. The van der Waals surface area contributed by atoms with Crippen LogP contribution in [0, 0.1) is 0 Å². The average Bonchev–Trinajstić information content (AvgIpc) is 1.40. The molecule has 14 aromatic carbocycles. The summed E-state index contributed by atoms with van der Waals surface area (Å²) in [5.41, 5.74) is 19.5. The first kappa shape index (κ1) is 59.6. The number of nitrogens with zero attached hydrogens (tertiary/aromatic N) is 10. The minimum atomic E-state index is 0.580. The van der Waals surface area contributed by atoms with E-state index >= 15 is 0 Å². The summed E-state index contributed by atoms with van der Waals surface area (Å²) in [5.74, 6) is 1.18. The second kappa shape index (κ2) is 23.3. The van der Waals surface area contributed by atoms with Crippen LogP contribution >= 0.6 is 0 Å². The number of fused-ring (bicyclic) bond motifs is 28. The molecule has 0 saturated carbocycles. The normalized spacial score (nSPS) is 12.1. The molecule has 0 aliphatic carbocycles. The number of hydrogen-bond donors (Lipinski definition) is 0. The highest BCUT2D eigenvalue weighted by Gasteiger charge is 2.27. The Morgan fingerprint density at radius 3 is 1.16 bits per heavy atom. The zero-order chi connectivity index (χ0) is 70.7. The number of rotatable bonds is 6. The zero-order valence-electron chi connectivity index (χ0n) is 57.5. The summed E-state index contributed by atoms with van der Waals surface area (Å²) >= 11 is 0. The van der Waals surface area contributed by atoms with Crippen molar-refractivity contribution in [3.63, 3.8) is 0 Å². The number of benzene rings is 14. The molecular weight excluding hydrogens is 1330 g/mol. The second-order valence-electron chi connectivity index (χ2n) is 27.5. The molecule has 0 atom stereocenters. The van der Waals surface area contributed by atoms with Gasteiger partial charge in [0.15, 0.2) is 0 Å². The van der Waals surface area contributed by atoms with Gasteiger partial charge < -0.3 is 8.83 Å². The number of pyridine rings is 4. The van der Waals surface area contributed by atoms with Gasteiger partial charge in [-0.2, -0.15) is 0 Å². The molecule has 0 saturated heterocycles. The lowest BCUT2D eigenvalue weighted by atomic mass is 9.93. The molecule has 0 bridgehead atoms. The molecule has 12 nitrogen and oxygen atoms in total. The standard InChI is InChI=1S/2C48H27N5O/c1-2-13-28(14-3-1)43-35-19-8-10-22-38(35)50-48(52-43)53-39-25-24-29(27-37(39)34-21-12-26-49-47(34)53)44-31-16-5-4-15-30(31)41-42-36-20-9-11-23-40(36)54-46(42)33-18-7-6-17-32(33)45(41)51-44;1-2-13-28(14-3-1)43-34-19-8-10-21-37(34)50-48(52-43)53-38-25-24-29(27-36(38)45-39(53)22-12-26-49-45)44-31-16-5-4-15-30(31)41-42-35-20-9-11-23-40(35)54-47(42)33-18-7-6-17-32(33)46(41)51-44/h2*1-27H. The van der Waals surface area contributed by atoms with Gasteiger partial charge in [0, 0.05) is 126 Å². The highest BCUT2D eigenvalue weighted by atomic mass is 16.3. The number of furan rings is 2. The molecular formula is C96H54N10O2. The van der Waals surface area contributed by atoms with Crippen LogP contribution in [0.25, 0.3) is 231 Å². The van der Waals surface area contributed by atoms with Crippen LogP contribution in [0.5, 0.6) is 0 Å². The molecule has 0 spiro atoms. The third-order valence-electron chi connectivity index (χ3n) is 21.6. The van der Waals surface area contributed by atoms with Crippen molar-refractivity contribution < 1.29 is 8.83 Å². The third kappa shape index (κ3) is 8.85. The summed E-state index contributed by atoms with van der Waals surface area (Å²) in [6, 6.07) is 109. The Kier molecular flexibility index (Phi) is 12.9. The molecule has 0 N–H and O–H groups in total. The van der Waals surface area contributed by atoms with Crippen molar-refractivity contribution in [3.05, 3.63) is 328 Å². The summed E-state index contributed by atoms with van der Waals surface area (Å²) in [6.45, 7) is 0. The van der Waals surface area contributed by atoms with E-state index in [-0.39, 0.29) is 0 Å². The maximum absolute atomic E-state index is 6.58. The number of aromatic nitrogens is 10. The summed E-state index contributed by atoms with van der Waals surface area (Å²) in [4.78, 5) is 41.7. The minimum Gasteiger partial charge on any atom is -0.455 e. The van der Waals surface area contributed by atoms with Crippen LogP contribution in [0.1, 0.15) is 0 Å². The first-order valence-electron chi connectivity index (χ1n) is 36.1. The van der Waals surface area contributed by atoms with Gasteiger partial charge >= 0.3 is 0 Å². The molecule has 0 aliphatic heterocycles. The van der Waals surface area contributed by atoms with E-state index in [0.29, 0.717) is 11.9 Å². The van der Waals surface area contributed by atoms with Gasteiger partial charge in [-0.1, -0.05) is 243 Å². The van der Waals surface area contributed by atoms with Gasteiger partial charge in [0.25, 0.3) is 0 Å². The van der Waals surface area contributed by atoms with Crippen LogP contribution in [-0.4, -0.2) is 49.0 Å². The first-order chi connectivity index (χ1) is 53.6. The van der Waals surface area contributed by atoms with Crippen molar-refractivity contribution in [3.8, 4) is 56.9 Å². The zero-order valence-corrected chi connectivity index (χ0v) is 57.5. The van der Waals surface area contributed by atoms with E-state index in [4.69, 9.17) is 48.7 Å². The van der Waals surface area contributed by atoms with Crippen molar-refractivity contribution >= 4 is 174 Å². The van der Waals surface area contributed by atoms with Crippen LogP contribution in [0.15, 0.2) is 337 Å². The Balaban J connectivity index is 0.000000130. The first-order valence-corrected chi connectivity index (χ1v) is 36.1. The number of hydrogen-bond acceptors (Lipinski definition) is 10.